The van der Waals surface area contributed by atoms with E-state index in [0.29, 0.717) is 43.9 Å². The van der Waals surface area contributed by atoms with Crippen LogP contribution in [-0.2, 0) is 9.53 Å². The number of likely N-dealkylation sites (tertiary alicyclic amines) is 2. The molecule has 2 fully saturated rings. The Balaban J connectivity index is 1.80. The minimum absolute atomic E-state index is 0.0858. The van der Waals surface area contributed by atoms with Gasteiger partial charge in [-0.15, -0.1) is 0 Å². The number of piperidine rings is 1. The lowest BCUT2D eigenvalue weighted by Gasteiger charge is -2.39. The van der Waals surface area contributed by atoms with Gasteiger partial charge in [0, 0.05) is 39.0 Å². The van der Waals surface area contributed by atoms with Crippen molar-refractivity contribution in [3.63, 3.8) is 0 Å². The first-order chi connectivity index (χ1) is 12.9. The first-order valence-electron chi connectivity index (χ1n) is 9.13. The third-order valence-electron chi connectivity index (χ3n) is 5.62. The third kappa shape index (κ3) is 3.47. The Morgan fingerprint density at radius 3 is 2.85 bits per heavy atom. The van der Waals surface area contributed by atoms with Crippen molar-refractivity contribution in [2.75, 3.05) is 39.9 Å². The number of ether oxygens (including phenoxy) is 1. The number of pyridine rings is 1. The monoisotopic (exact) mass is 372 g/mol. The lowest BCUT2D eigenvalue weighted by Crippen LogP contribution is -2.51. The summed E-state index contributed by atoms with van der Waals surface area (Å²) in [5.74, 6) is -0.157. The topological polar surface area (TPSA) is 106 Å². The summed E-state index contributed by atoms with van der Waals surface area (Å²) in [6, 6.07) is 3.15. The number of hydrogen-bond donors (Lipinski definition) is 1. The number of methoxy groups -OCH3 is 1. The quantitative estimate of drug-likeness (QED) is 0.835. The molecular weight excluding hydrogens is 348 g/mol. The van der Waals surface area contributed by atoms with Crippen LogP contribution in [0.15, 0.2) is 10.9 Å². The number of carbonyl (C=O) groups is 2. The molecule has 2 amide bonds. The molecule has 0 radical (unpaired) electrons. The van der Waals surface area contributed by atoms with Gasteiger partial charge in [0.2, 0.25) is 5.91 Å². The van der Waals surface area contributed by atoms with E-state index in [4.69, 9.17) is 10.00 Å². The molecule has 2 aliphatic heterocycles. The minimum Gasteiger partial charge on any atom is -0.383 e. The van der Waals surface area contributed by atoms with Crippen LogP contribution in [0.5, 0.6) is 0 Å². The molecule has 1 unspecified atom stereocenters. The number of amides is 2. The number of aromatic amines is 1. The van der Waals surface area contributed by atoms with Crippen molar-refractivity contribution < 1.29 is 14.3 Å². The van der Waals surface area contributed by atoms with Gasteiger partial charge in [-0.2, -0.15) is 5.26 Å². The van der Waals surface area contributed by atoms with E-state index in [-0.39, 0.29) is 17.4 Å². The zero-order valence-corrected chi connectivity index (χ0v) is 15.7. The number of nitrogens with zero attached hydrogens (tertiary/aromatic N) is 3. The van der Waals surface area contributed by atoms with Crippen LogP contribution < -0.4 is 5.56 Å². The minimum atomic E-state index is -0.532. The largest absolute Gasteiger partial charge is 0.383 e. The van der Waals surface area contributed by atoms with Crippen molar-refractivity contribution in [2.45, 2.75) is 26.2 Å². The van der Waals surface area contributed by atoms with Gasteiger partial charge >= 0.3 is 0 Å². The van der Waals surface area contributed by atoms with Crippen LogP contribution in [-0.4, -0.2) is 66.5 Å². The number of carbonyl (C=O) groups excluding carboxylic acids is 2. The molecule has 1 N–H and O–H groups in total. The molecule has 1 aromatic rings. The third-order valence-corrected chi connectivity index (χ3v) is 5.62. The van der Waals surface area contributed by atoms with Crippen LogP contribution in [0.1, 0.15) is 40.9 Å². The lowest BCUT2D eigenvalue weighted by molar-refractivity contribution is -0.146. The molecule has 1 aromatic heterocycles. The molecule has 8 heteroatoms. The Kier molecular flexibility index (Phi) is 5.33. The predicted molar refractivity (Wildman–Crippen MR) is 97.2 cm³/mol. The van der Waals surface area contributed by atoms with Crippen LogP contribution in [0.2, 0.25) is 0 Å². The summed E-state index contributed by atoms with van der Waals surface area (Å²) in [4.78, 5) is 43.8. The summed E-state index contributed by atoms with van der Waals surface area (Å²) < 4.78 is 5.09. The molecule has 2 saturated heterocycles. The van der Waals surface area contributed by atoms with Crippen molar-refractivity contribution >= 4 is 11.8 Å². The molecule has 3 rings (SSSR count). The normalized spacial score (nSPS) is 22.3. The highest BCUT2D eigenvalue weighted by atomic mass is 16.5. The van der Waals surface area contributed by atoms with Crippen molar-refractivity contribution in [3.8, 4) is 6.07 Å². The fourth-order valence-corrected chi connectivity index (χ4v) is 4.09. The highest BCUT2D eigenvalue weighted by molar-refractivity contribution is 5.96. The molecule has 0 bridgehead atoms. The fourth-order valence-electron chi connectivity index (χ4n) is 4.09. The van der Waals surface area contributed by atoms with Gasteiger partial charge in [-0.05, 0) is 32.3 Å². The summed E-state index contributed by atoms with van der Waals surface area (Å²) in [5, 5.41) is 9.06. The highest BCUT2D eigenvalue weighted by Gasteiger charge is 2.49. The van der Waals surface area contributed by atoms with Crippen LogP contribution in [0, 0.1) is 23.7 Å². The maximum absolute atomic E-state index is 13.0. The first-order valence-corrected chi connectivity index (χ1v) is 9.13. The molecule has 144 valence electrons. The van der Waals surface area contributed by atoms with Crippen LogP contribution in [0.25, 0.3) is 0 Å². The van der Waals surface area contributed by atoms with E-state index >= 15 is 0 Å². The molecule has 1 atom stereocenters. The first kappa shape index (κ1) is 19.1. The molecule has 8 nitrogen and oxygen atoms in total. The van der Waals surface area contributed by atoms with Crippen molar-refractivity contribution in [1.29, 1.82) is 5.26 Å². The SMILES string of the molecule is COCCN1CCCC2(CCN(C(=O)c3cc(C#N)c(=O)[nH]c3C)C2)C1=O. The smallest absolute Gasteiger partial charge is 0.266 e. The molecular formula is C19H24N4O4. The zero-order valence-electron chi connectivity index (χ0n) is 15.7. The van der Waals surface area contributed by atoms with E-state index < -0.39 is 11.0 Å². The van der Waals surface area contributed by atoms with E-state index in [1.165, 1.54) is 6.07 Å². The number of aromatic nitrogens is 1. The zero-order chi connectivity index (χ0) is 19.6. The number of hydrogen-bond acceptors (Lipinski definition) is 5. The van der Waals surface area contributed by atoms with Gasteiger partial charge in [-0.3, -0.25) is 14.4 Å². The van der Waals surface area contributed by atoms with E-state index in [1.807, 2.05) is 11.0 Å². The fraction of sp³-hybridized carbons (Fsp3) is 0.579. The molecule has 0 aliphatic carbocycles. The number of H-pyrrole nitrogens is 1. The molecule has 0 aromatic carbocycles. The van der Waals surface area contributed by atoms with Crippen molar-refractivity contribution in [3.05, 3.63) is 33.2 Å². The summed E-state index contributed by atoms with van der Waals surface area (Å²) >= 11 is 0. The maximum Gasteiger partial charge on any atom is 0.266 e. The van der Waals surface area contributed by atoms with Crippen molar-refractivity contribution in [1.82, 2.24) is 14.8 Å². The number of aryl methyl sites for hydroxylation is 1. The Morgan fingerprint density at radius 1 is 1.37 bits per heavy atom. The second-order valence-electron chi connectivity index (χ2n) is 7.31. The summed E-state index contributed by atoms with van der Waals surface area (Å²) in [7, 11) is 1.61. The van der Waals surface area contributed by atoms with Gasteiger partial charge < -0.3 is 19.5 Å². The van der Waals surface area contributed by atoms with Crippen LogP contribution >= 0.6 is 0 Å². The molecule has 2 aliphatic rings. The second kappa shape index (κ2) is 7.53. The van der Waals surface area contributed by atoms with E-state index in [2.05, 4.69) is 4.98 Å². The van der Waals surface area contributed by atoms with Gasteiger partial charge in [-0.25, -0.2) is 0 Å². The second-order valence-corrected chi connectivity index (χ2v) is 7.31. The Labute approximate surface area is 157 Å². The van der Waals surface area contributed by atoms with E-state index in [9.17, 15) is 14.4 Å². The summed E-state index contributed by atoms with van der Waals surface area (Å²) in [5.41, 5.74) is -0.377. The highest BCUT2D eigenvalue weighted by Crippen LogP contribution is 2.40. The molecule has 27 heavy (non-hydrogen) atoms. The van der Waals surface area contributed by atoms with Crippen molar-refractivity contribution in [2.24, 2.45) is 5.41 Å². The number of nitriles is 1. The van der Waals surface area contributed by atoms with Gasteiger partial charge in [-0.1, -0.05) is 0 Å². The van der Waals surface area contributed by atoms with Gasteiger partial charge in [0.15, 0.2) is 0 Å². The van der Waals surface area contributed by atoms with E-state index in [0.717, 1.165) is 19.4 Å². The van der Waals surface area contributed by atoms with E-state index in [1.54, 1.807) is 18.9 Å². The van der Waals surface area contributed by atoms with Crippen LogP contribution in [0.3, 0.4) is 0 Å². The number of nitrogens with one attached hydrogen (secondary N) is 1. The predicted octanol–water partition coefficient (Wildman–Crippen LogP) is 0.656. The summed E-state index contributed by atoms with van der Waals surface area (Å²) in [6.45, 7) is 4.29. The average Bonchev–Trinajstić information content (AvgIpc) is 3.08. The standard InChI is InChI=1S/C19H24N4O4/c1-13-15(10-14(11-20)16(24)21-13)17(25)23-7-5-19(12-23)4-3-6-22(18(19)26)8-9-27-2/h10H,3-9,12H2,1-2H3,(H,21,24). The number of rotatable bonds is 4. The average molecular weight is 372 g/mol. The van der Waals surface area contributed by atoms with Crippen LogP contribution in [0.4, 0.5) is 0 Å². The lowest BCUT2D eigenvalue weighted by atomic mass is 9.78. The van der Waals surface area contributed by atoms with Gasteiger partial charge in [0.05, 0.1) is 17.6 Å². The summed E-state index contributed by atoms with van der Waals surface area (Å²) in [6.07, 6.45) is 2.31. The maximum atomic E-state index is 13.0. The Bertz CT molecular complexity index is 856. The van der Waals surface area contributed by atoms with Gasteiger partial charge in [0.1, 0.15) is 11.6 Å². The Morgan fingerprint density at radius 2 is 2.15 bits per heavy atom. The Hall–Kier alpha value is -2.66. The molecule has 3 heterocycles. The van der Waals surface area contributed by atoms with Gasteiger partial charge in [0.25, 0.3) is 11.5 Å². The molecule has 0 saturated carbocycles. The molecule has 1 spiro atoms.